The van der Waals surface area contributed by atoms with Gasteiger partial charge in [-0.15, -0.1) is 0 Å². The summed E-state index contributed by atoms with van der Waals surface area (Å²) in [4.78, 5) is 31.8. The standard InChI is InChI=1S/C29H28FN3O3/c1-21(23-9-6-10-24(17-23)27(34)22-7-4-3-5-8-22)28(35)32(2)18-29(36,19-33-16-15-31-20-33)25-11-13-26(30)14-12-25/h3-17,20-21,36H,18-19H2,1-2H3. The van der Waals surface area contributed by atoms with Crippen molar-refractivity contribution >= 4 is 11.7 Å². The van der Waals surface area contributed by atoms with E-state index in [2.05, 4.69) is 4.98 Å². The topological polar surface area (TPSA) is 75.4 Å². The number of aromatic nitrogens is 2. The number of amides is 1. The van der Waals surface area contributed by atoms with Gasteiger partial charge < -0.3 is 14.6 Å². The Kier molecular flexibility index (Phi) is 7.41. The zero-order valence-corrected chi connectivity index (χ0v) is 20.2. The maximum Gasteiger partial charge on any atom is 0.229 e. The number of nitrogens with zero attached hydrogens (tertiary/aromatic N) is 3. The Morgan fingerprint density at radius 3 is 2.39 bits per heavy atom. The summed E-state index contributed by atoms with van der Waals surface area (Å²) in [5.41, 5.74) is 0.788. The van der Waals surface area contributed by atoms with E-state index in [0.29, 0.717) is 22.3 Å². The molecule has 6 nitrogen and oxygen atoms in total. The Morgan fingerprint density at radius 2 is 1.72 bits per heavy atom. The van der Waals surface area contributed by atoms with Gasteiger partial charge in [0.15, 0.2) is 5.78 Å². The van der Waals surface area contributed by atoms with Gasteiger partial charge in [0.25, 0.3) is 0 Å². The maximum absolute atomic E-state index is 13.5. The van der Waals surface area contributed by atoms with Crippen LogP contribution in [0, 0.1) is 5.82 Å². The van der Waals surface area contributed by atoms with Crippen molar-refractivity contribution in [2.24, 2.45) is 0 Å². The van der Waals surface area contributed by atoms with Crippen LogP contribution in [0.15, 0.2) is 97.6 Å². The summed E-state index contributed by atoms with van der Waals surface area (Å²) < 4.78 is 15.3. The Hall–Kier alpha value is -4.10. The van der Waals surface area contributed by atoms with E-state index in [4.69, 9.17) is 0 Å². The van der Waals surface area contributed by atoms with Crippen LogP contribution in [-0.4, -0.2) is 44.8 Å². The second-order valence-electron chi connectivity index (χ2n) is 9.01. The third-order valence-corrected chi connectivity index (χ3v) is 6.32. The number of hydrogen-bond donors (Lipinski definition) is 1. The molecule has 2 unspecified atom stereocenters. The number of likely N-dealkylation sites (N-methyl/N-ethyl adjacent to an activating group) is 1. The smallest absolute Gasteiger partial charge is 0.229 e. The van der Waals surface area contributed by atoms with Crippen molar-refractivity contribution in [3.8, 4) is 0 Å². The Bertz CT molecular complexity index is 1320. The van der Waals surface area contributed by atoms with Crippen molar-refractivity contribution in [2.45, 2.75) is 25.0 Å². The minimum atomic E-state index is -1.48. The van der Waals surface area contributed by atoms with Gasteiger partial charge in [0.2, 0.25) is 5.91 Å². The first kappa shape index (κ1) is 25.0. The third-order valence-electron chi connectivity index (χ3n) is 6.32. The lowest BCUT2D eigenvalue weighted by atomic mass is 9.91. The van der Waals surface area contributed by atoms with Crippen molar-refractivity contribution in [1.82, 2.24) is 14.5 Å². The van der Waals surface area contributed by atoms with Crippen molar-refractivity contribution in [1.29, 1.82) is 0 Å². The van der Waals surface area contributed by atoms with Crippen LogP contribution >= 0.6 is 0 Å². The predicted molar refractivity (Wildman–Crippen MR) is 135 cm³/mol. The first-order valence-corrected chi connectivity index (χ1v) is 11.7. The van der Waals surface area contributed by atoms with Gasteiger partial charge in [0, 0.05) is 30.6 Å². The number of halogens is 1. The van der Waals surface area contributed by atoms with E-state index in [1.54, 1.807) is 67.6 Å². The lowest BCUT2D eigenvalue weighted by Gasteiger charge is -2.34. The monoisotopic (exact) mass is 485 g/mol. The largest absolute Gasteiger partial charge is 0.381 e. The molecule has 4 rings (SSSR count). The highest BCUT2D eigenvalue weighted by Gasteiger charge is 2.34. The fourth-order valence-corrected chi connectivity index (χ4v) is 4.32. The SMILES string of the molecule is CC(C(=O)N(C)CC(O)(Cn1ccnc1)c1ccc(F)cc1)c1cccc(C(=O)c2ccccc2)c1. The van der Waals surface area contributed by atoms with Gasteiger partial charge in [-0.2, -0.15) is 0 Å². The quantitative estimate of drug-likeness (QED) is 0.357. The molecule has 0 aliphatic rings. The minimum Gasteiger partial charge on any atom is -0.381 e. The number of carbonyl (C=O) groups is 2. The highest BCUT2D eigenvalue weighted by molar-refractivity contribution is 6.09. The lowest BCUT2D eigenvalue weighted by Crippen LogP contribution is -2.45. The van der Waals surface area contributed by atoms with Crippen LogP contribution in [0.25, 0.3) is 0 Å². The van der Waals surface area contributed by atoms with Crippen molar-refractivity contribution in [2.75, 3.05) is 13.6 Å². The zero-order chi connectivity index (χ0) is 25.7. The van der Waals surface area contributed by atoms with Gasteiger partial charge in [0.1, 0.15) is 11.4 Å². The molecule has 0 saturated heterocycles. The molecule has 36 heavy (non-hydrogen) atoms. The maximum atomic E-state index is 13.5. The van der Waals surface area contributed by atoms with E-state index < -0.39 is 17.3 Å². The summed E-state index contributed by atoms with van der Waals surface area (Å²) in [7, 11) is 1.63. The lowest BCUT2D eigenvalue weighted by molar-refractivity contribution is -0.135. The molecule has 1 N–H and O–H groups in total. The van der Waals surface area contributed by atoms with E-state index in [1.807, 2.05) is 24.3 Å². The molecular weight excluding hydrogens is 457 g/mol. The molecule has 1 heterocycles. The molecule has 2 atom stereocenters. The van der Waals surface area contributed by atoms with Crippen molar-refractivity contribution < 1.29 is 19.1 Å². The second kappa shape index (κ2) is 10.7. The van der Waals surface area contributed by atoms with Crippen LogP contribution < -0.4 is 0 Å². The van der Waals surface area contributed by atoms with Crippen LogP contribution in [-0.2, 0) is 16.9 Å². The van der Waals surface area contributed by atoms with Gasteiger partial charge in [-0.25, -0.2) is 9.37 Å². The average molecular weight is 486 g/mol. The second-order valence-corrected chi connectivity index (χ2v) is 9.01. The van der Waals surface area contributed by atoms with E-state index in [9.17, 15) is 19.1 Å². The molecule has 3 aromatic carbocycles. The summed E-state index contributed by atoms with van der Waals surface area (Å²) in [5.74, 6) is -1.29. The molecular formula is C29H28FN3O3. The summed E-state index contributed by atoms with van der Waals surface area (Å²) in [6.45, 7) is 1.88. The van der Waals surface area contributed by atoms with Crippen LogP contribution in [0.5, 0.6) is 0 Å². The van der Waals surface area contributed by atoms with Crippen LogP contribution in [0.4, 0.5) is 4.39 Å². The molecule has 0 fully saturated rings. The minimum absolute atomic E-state index is 0.0252. The van der Waals surface area contributed by atoms with Crippen LogP contribution in [0.3, 0.4) is 0 Å². The first-order valence-electron chi connectivity index (χ1n) is 11.7. The fourth-order valence-electron chi connectivity index (χ4n) is 4.32. The molecule has 0 aliphatic carbocycles. The highest BCUT2D eigenvalue weighted by Crippen LogP contribution is 2.27. The molecule has 184 valence electrons. The number of carbonyl (C=O) groups excluding carboxylic acids is 2. The van der Waals surface area contributed by atoms with E-state index in [0.717, 1.165) is 0 Å². The molecule has 0 radical (unpaired) electrons. The molecule has 7 heteroatoms. The fraction of sp³-hybridized carbons (Fsp3) is 0.207. The van der Waals surface area contributed by atoms with Crippen molar-refractivity contribution in [3.63, 3.8) is 0 Å². The van der Waals surface area contributed by atoms with Gasteiger partial charge in [-0.05, 0) is 36.2 Å². The normalized spacial score (nSPS) is 13.6. The number of aliphatic hydroxyl groups is 1. The van der Waals surface area contributed by atoms with E-state index >= 15 is 0 Å². The Balaban J connectivity index is 1.55. The van der Waals surface area contributed by atoms with Gasteiger partial charge in [-0.3, -0.25) is 9.59 Å². The number of benzene rings is 3. The average Bonchev–Trinajstić information content (AvgIpc) is 3.41. The summed E-state index contributed by atoms with van der Waals surface area (Å²) in [5, 5.41) is 11.7. The summed E-state index contributed by atoms with van der Waals surface area (Å²) in [6, 6.07) is 21.7. The molecule has 1 aromatic heterocycles. The molecule has 0 spiro atoms. The van der Waals surface area contributed by atoms with E-state index in [1.165, 1.54) is 29.2 Å². The number of rotatable bonds is 9. The summed E-state index contributed by atoms with van der Waals surface area (Å²) in [6.07, 6.45) is 4.90. The van der Waals surface area contributed by atoms with Crippen LogP contribution in [0.1, 0.15) is 39.9 Å². The molecule has 0 bridgehead atoms. The van der Waals surface area contributed by atoms with Gasteiger partial charge in [-0.1, -0.05) is 60.7 Å². The highest BCUT2D eigenvalue weighted by atomic mass is 19.1. The van der Waals surface area contributed by atoms with Gasteiger partial charge >= 0.3 is 0 Å². The predicted octanol–water partition coefficient (Wildman–Crippen LogP) is 4.40. The summed E-state index contributed by atoms with van der Waals surface area (Å²) >= 11 is 0. The van der Waals surface area contributed by atoms with E-state index in [-0.39, 0.29) is 24.8 Å². The number of imidazole rings is 1. The van der Waals surface area contributed by atoms with Crippen molar-refractivity contribution in [3.05, 3.63) is 126 Å². The number of hydrogen-bond acceptors (Lipinski definition) is 4. The molecule has 0 saturated carbocycles. The Labute approximate surface area is 209 Å². The molecule has 4 aromatic rings. The van der Waals surface area contributed by atoms with Crippen LogP contribution in [0.2, 0.25) is 0 Å². The first-order chi connectivity index (χ1) is 17.3. The zero-order valence-electron chi connectivity index (χ0n) is 20.2. The number of ketones is 1. The van der Waals surface area contributed by atoms with Gasteiger partial charge in [0.05, 0.1) is 25.3 Å². The third kappa shape index (κ3) is 5.58. The Morgan fingerprint density at radius 1 is 1.03 bits per heavy atom. The molecule has 1 amide bonds. The molecule has 0 aliphatic heterocycles.